The molecule has 5 heteroatoms. The van der Waals surface area contributed by atoms with Crippen LogP contribution in [0.5, 0.6) is 0 Å². The summed E-state index contributed by atoms with van der Waals surface area (Å²) in [6.45, 7) is 4.13. The summed E-state index contributed by atoms with van der Waals surface area (Å²) in [7, 11) is 2.00. The topological polar surface area (TPSA) is 57.5 Å². The predicted octanol–water partition coefficient (Wildman–Crippen LogP) is 1.22. The molecule has 1 aliphatic rings. The number of hydrogen-bond donors (Lipinski definition) is 2. The van der Waals surface area contributed by atoms with Crippen molar-refractivity contribution in [2.45, 2.75) is 25.8 Å². The number of piperidine rings is 1. The molecule has 1 aromatic rings. The van der Waals surface area contributed by atoms with E-state index in [0.29, 0.717) is 13.1 Å². The first-order valence-electron chi connectivity index (χ1n) is 7.44. The van der Waals surface area contributed by atoms with Crippen molar-refractivity contribution in [2.24, 2.45) is 5.92 Å². The second kappa shape index (κ2) is 8.07. The Bertz CT molecular complexity index is 384. The smallest absolute Gasteiger partial charge is 0.234 e. The molecule has 0 aliphatic carbocycles. The first-order chi connectivity index (χ1) is 9.78. The van der Waals surface area contributed by atoms with E-state index < -0.39 is 0 Å². The normalized spacial score (nSPS) is 17.2. The number of likely N-dealkylation sites (tertiary alicyclic amines) is 1. The summed E-state index contributed by atoms with van der Waals surface area (Å²) < 4.78 is 5.19. The van der Waals surface area contributed by atoms with Crippen molar-refractivity contribution in [1.29, 1.82) is 0 Å². The fourth-order valence-electron chi connectivity index (χ4n) is 2.64. The first-order valence-corrected chi connectivity index (χ1v) is 7.44. The predicted molar refractivity (Wildman–Crippen MR) is 78.3 cm³/mol. The average Bonchev–Trinajstić information content (AvgIpc) is 2.98. The Morgan fingerprint density at radius 1 is 1.45 bits per heavy atom. The highest BCUT2D eigenvalue weighted by Gasteiger charge is 2.20. The van der Waals surface area contributed by atoms with Crippen LogP contribution in [-0.2, 0) is 11.3 Å². The van der Waals surface area contributed by atoms with Crippen LogP contribution in [0.4, 0.5) is 0 Å². The highest BCUT2D eigenvalue weighted by molar-refractivity contribution is 5.77. The molecule has 2 rings (SSSR count). The lowest BCUT2D eigenvalue weighted by Crippen LogP contribution is -2.41. The van der Waals surface area contributed by atoms with Gasteiger partial charge in [0.2, 0.25) is 5.91 Å². The summed E-state index contributed by atoms with van der Waals surface area (Å²) >= 11 is 0. The maximum Gasteiger partial charge on any atom is 0.234 e. The SMILES string of the molecule is CNCCC1CCN(CC(=O)NCc2ccco2)CC1. The van der Waals surface area contributed by atoms with Crippen molar-refractivity contribution in [1.82, 2.24) is 15.5 Å². The molecular formula is C15H25N3O2. The lowest BCUT2D eigenvalue weighted by Gasteiger charge is -2.31. The molecule has 0 unspecified atom stereocenters. The van der Waals surface area contributed by atoms with Crippen molar-refractivity contribution >= 4 is 5.91 Å². The van der Waals surface area contributed by atoms with Gasteiger partial charge in [-0.15, -0.1) is 0 Å². The summed E-state index contributed by atoms with van der Waals surface area (Å²) in [5.74, 6) is 1.68. The fourth-order valence-corrected chi connectivity index (χ4v) is 2.64. The molecule has 1 saturated heterocycles. The third-order valence-corrected chi connectivity index (χ3v) is 3.92. The van der Waals surface area contributed by atoms with Crippen LogP contribution in [0.25, 0.3) is 0 Å². The van der Waals surface area contributed by atoms with Gasteiger partial charge in [0.1, 0.15) is 5.76 Å². The van der Waals surface area contributed by atoms with Gasteiger partial charge in [-0.25, -0.2) is 0 Å². The molecule has 0 aromatic carbocycles. The molecule has 1 fully saturated rings. The van der Waals surface area contributed by atoms with Crippen molar-refractivity contribution in [3.8, 4) is 0 Å². The third kappa shape index (κ3) is 4.98. The van der Waals surface area contributed by atoms with E-state index in [1.807, 2.05) is 19.2 Å². The van der Waals surface area contributed by atoms with Gasteiger partial charge in [0.05, 0.1) is 19.4 Å². The van der Waals surface area contributed by atoms with Crippen molar-refractivity contribution in [3.05, 3.63) is 24.2 Å². The molecule has 2 heterocycles. The monoisotopic (exact) mass is 279 g/mol. The number of nitrogens with one attached hydrogen (secondary N) is 2. The second-order valence-corrected chi connectivity index (χ2v) is 5.47. The lowest BCUT2D eigenvalue weighted by atomic mass is 9.93. The minimum absolute atomic E-state index is 0.0788. The number of carbonyl (C=O) groups excluding carboxylic acids is 1. The molecule has 0 atom stereocenters. The van der Waals surface area contributed by atoms with E-state index >= 15 is 0 Å². The zero-order valence-corrected chi connectivity index (χ0v) is 12.2. The van der Waals surface area contributed by atoms with Gasteiger partial charge in [0.25, 0.3) is 0 Å². The molecule has 0 radical (unpaired) electrons. The summed E-state index contributed by atoms with van der Waals surface area (Å²) in [5, 5.41) is 6.10. The molecule has 112 valence electrons. The number of rotatable bonds is 7. The van der Waals surface area contributed by atoms with Crippen LogP contribution >= 0.6 is 0 Å². The average molecular weight is 279 g/mol. The van der Waals surface area contributed by atoms with E-state index in [4.69, 9.17) is 4.42 Å². The molecule has 1 aliphatic heterocycles. The van der Waals surface area contributed by atoms with E-state index in [-0.39, 0.29) is 5.91 Å². The van der Waals surface area contributed by atoms with Crippen LogP contribution < -0.4 is 10.6 Å². The van der Waals surface area contributed by atoms with Gasteiger partial charge >= 0.3 is 0 Å². The zero-order chi connectivity index (χ0) is 14.2. The van der Waals surface area contributed by atoms with Gasteiger partial charge in [-0.3, -0.25) is 9.69 Å². The van der Waals surface area contributed by atoms with Gasteiger partial charge in [0, 0.05) is 0 Å². The van der Waals surface area contributed by atoms with Crippen molar-refractivity contribution in [3.63, 3.8) is 0 Å². The Labute approximate surface area is 120 Å². The molecular weight excluding hydrogens is 254 g/mol. The van der Waals surface area contributed by atoms with E-state index in [9.17, 15) is 4.79 Å². The highest BCUT2D eigenvalue weighted by Crippen LogP contribution is 2.19. The second-order valence-electron chi connectivity index (χ2n) is 5.47. The van der Waals surface area contributed by atoms with E-state index in [1.165, 1.54) is 19.3 Å². The van der Waals surface area contributed by atoms with Crippen LogP contribution in [0.2, 0.25) is 0 Å². The Kier molecular flexibility index (Phi) is 6.08. The fraction of sp³-hybridized carbons (Fsp3) is 0.667. The molecule has 1 amide bonds. The quantitative estimate of drug-likeness (QED) is 0.788. The molecule has 0 bridgehead atoms. The molecule has 2 N–H and O–H groups in total. The standard InChI is InChI=1S/C15H25N3O2/c1-16-7-4-13-5-8-18(9-6-13)12-15(19)17-11-14-3-2-10-20-14/h2-3,10,13,16H,4-9,11-12H2,1H3,(H,17,19). The minimum atomic E-state index is 0.0788. The van der Waals surface area contributed by atoms with Gasteiger partial charge < -0.3 is 15.1 Å². The maximum absolute atomic E-state index is 11.9. The Hall–Kier alpha value is -1.33. The third-order valence-electron chi connectivity index (χ3n) is 3.92. The molecule has 0 saturated carbocycles. The van der Waals surface area contributed by atoms with Crippen LogP contribution in [0.1, 0.15) is 25.0 Å². The summed E-state index contributed by atoms with van der Waals surface area (Å²) in [6, 6.07) is 3.70. The Balaban J connectivity index is 1.61. The van der Waals surface area contributed by atoms with Gasteiger partial charge in [-0.1, -0.05) is 0 Å². The van der Waals surface area contributed by atoms with Crippen molar-refractivity contribution in [2.75, 3.05) is 33.2 Å². The summed E-state index contributed by atoms with van der Waals surface area (Å²) in [6.07, 6.45) is 5.27. The Morgan fingerprint density at radius 2 is 2.25 bits per heavy atom. The van der Waals surface area contributed by atoms with Crippen LogP contribution in [-0.4, -0.2) is 44.0 Å². The number of nitrogens with zero attached hydrogens (tertiary/aromatic N) is 1. The molecule has 5 nitrogen and oxygen atoms in total. The number of furan rings is 1. The zero-order valence-electron chi connectivity index (χ0n) is 12.2. The molecule has 20 heavy (non-hydrogen) atoms. The van der Waals surface area contributed by atoms with E-state index in [0.717, 1.165) is 31.3 Å². The number of carbonyl (C=O) groups is 1. The Morgan fingerprint density at radius 3 is 2.90 bits per heavy atom. The van der Waals surface area contributed by atoms with Gasteiger partial charge in [-0.2, -0.15) is 0 Å². The summed E-state index contributed by atoms with van der Waals surface area (Å²) in [5.41, 5.74) is 0. The maximum atomic E-state index is 11.9. The van der Waals surface area contributed by atoms with E-state index in [1.54, 1.807) is 6.26 Å². The lowest BCUT2D eigenvalue weighted by molar-refractivity contribution is -0.122. The van der Waals surface area contributed by atoms with Gasteiger partial charge in [0.15, 0.2) is 0 Å². The van der Waals surface area contributed by atoms with E-state index in [2.05, 4.69) is 15.5 Å². The highest BCUT2D eigenvalue weighted by atomic mass is 16.3. The van der Waals surface area contributed by atoms with Crippen LogP contribution in [0, 0.1) is 5.92 Å². The minimum Gasteiger partial charge on any atom is -0.467 e. The van der Waals surface area contributed by atoms with Crippen molar-refractivity contribution < 1.29 is 9.21 Å². The molecule has 1 aromatic heterocycles. The largest absolute Gasteiger partial charge is 0.467 e. The molecule has 0 spiro atoms. The van der Waals surface area contributed by atoms with Crippen LogP contribution in [0.15, 0.2) is 22.8 Å². The van der Waals surface area contributed by atoms with Gasteiger partial charge in [-0.05, 0) is 64.0 Å². The van der Waals surface area contributed by atoms with Crippen LogP contribution in [0.3, 0.4) is 0 Å². The number of hydrogen-bond acceptors (Lipinski definition) is 4. The summed E-state index contributed by atoms with van der Waals surface area (Å²) in [4.78, 5) is 14.1. The number of amides is 1. The first kappa shape index (κ1) is 15.1.